The first-order valence-corrected chi connectivity index (χ1v) is 12.4. The smallest absolute Gasteiger partial charge is 0.493 e. The number of alkyl halides is 3. The van der Waals surface area contributed by atoms with Crippen molar-refractivity contribution in [3.63, 3.8) is 0 Å². The quantitative estimate of drug-likeness (QED) is 0.336. The van der Waals surface area contributed by atoms with Crippen molar-refractivity contribution in [3.8, 4) is 23.0 Å². The van der Waals surface area contributed by atoms with Crippen LogP contribution >= 0.6 is 12.2 Å². The van der Waals surface area contributed by atoms with E-state index >= 15 is 0 Å². The van der Waals surface area contributed by atoms with Crippen LogP contribution in [0.25, 0.3) is 0 Å². The highest BCUT2D eigenvalue weighted by Crippen LogP contribution is 2.39. The summed E-state index contributed by atoms with van der Waals surface area (Å²) >= 11 is 5.76. The predicted molar refractivity (Wildman–Crippen MR) is 143 cm³/mol. The summed E-state index contributed by atoms with van der Waals surface area (Å²) in [6.07, 6.45) is -4.05. The van der Waals surface area contributed by atoms with E-state index in [4.69, 9.17) is 26.4 Å². The Morgan fingerprint density at radius 3 is 2.18 bits per heavy atom. The fourth-order valence-electron chi connectivity index (χ4n) is 4.58. The summed E-state index contributed by atoms with van der Waals surface area (Å²) in [6.45, 7) is 4.95. The second-order valence-electron chi connectivity index (χ2n) is 9.00. The van der Waals surface area contributed by atoms with E-state index in [1.165, 1.54) is 24.3 Å². The van der Waals surface area contributed by atoms with Gasteiger partial charge < -0.3 is 29.2 Å². The molecule has 1 unspecified atom stereocenters. The van der Waals surface area contributed by atoms with E-state index in [0.717, 1.165) is 28.0 Å². The van der Waals surface area contributed by atoms with Gasteiger partial charge in [0.25, 0.3) is 0 Å². The topological polar surface area (TPSA) is 52.2 Å². The normalized spacial score (nSPS) is 14.9. The van der Waals surface area contributed by atoms with Crippen LogP contribution in [0.15, 0.2) is 54.6 Å². The Balaban J connectivity index is 1.60. The Labute approximate surface area is 225 Å². The van der Waals surface area contributed by atoms with E-state index in [9.17, 15) is 13.2 Å². The number of aryl methyl sites for hydroxylation is 2. The summed E-state index contributed by atoms with van der Waals surface area (Å²) in [4.78, 5) is 2.02. The number of thiocarbonyl (C=S) groups is 1. The monoisotopic (exact) mass is 546 g/mol. The Kier molecular flexibility index (Phi) is 8.20. The maximum Gasteiger partial charge on any atom is 0.573 e. The van der Waals surface area contributed by atoms with E-state index < -0.39 is 6.36 Å². The molecule has 0 saturated heterocycles. The number of nitrogens with zero attached hydrogens (tertiary/aromatic N) is 1. The molecule has 0 aromatic heterocycles. The highest BCUT2D eigenvalue weighted by molar-refractivity contribution is 7.80. The predicted octanol–water partition coefficient (Wildman–Crippen LogP) is 6.59. The first kappa shape index (κ1) is 27.4. The lowest BCUT2D eigenvalue weighted by Gasteiger charge is -2.39. The fourth-order valence-corrected chi connectivity index (χ4v) is 4.91. The van der Waals surface area contributed by atoms with Gasteiger partial charge in [0.05, 0.1) is 20.3 Å². The number of hydrogen-bond acceptors (Lipinski definition) is 5. The van der Waals surface area contributed by atoms with Crippen molar-refractivity contribution in [2.75, 3.05) is 32.7 Å². The van der Waals surface area contributed by atoms with Gasteiger partial charge in [0, 0.05) is 12.2 Å². The van der Waals surface area contributed by atoms with Gasteiger partial charge in [-0.15, -0.1) is 13.2 Å². The zero-order chi connectivity index (χ0) is 27.4. The first-order chi connectivity index (χ1) is 18.1. The van der Waals surface area contributed by atoms with Gasteiger partial charge >= 0.3 is 6.36 Å². The zero-order valence-corrected chi connectivity index (χ0v) is 22.3. The highest BCUT2D eigenvalue weighted by Gasteiger charge is 2.32. The van der Waals surface area contributed by atoms with Crippen LogP contribution in [0.4, 0.5) is 18.9 Å². The van der Waals surface area contributed by atoms with E-state index in [0.29, 0.717) is 41.9 Å². The molecule has 4 rings (SSSR count). The van der Waals surface area contributed by atoms with Gasteiger partial charge in [0.15, 0.2) is 16.6 Å². The van der Waals surface area contributed by atoms with Crippen LogP contribution in [0.1, 0.15) is 28.3 Å². The molecule has 3 aromatic rings. The lowest BCUT2D eigenvalue weighted by Crippen LogP contribution is -2.44. The van der Waals surface area contributed by atoms with E-state index in [1.807, 2.05) is 43.0 Å². The molecule has 0 spiro atoms. The molecule has 1 N–H and O–H groups in total. The summed E-state index contributed by atoms with van der Waals surface area (Å²) in [5, 5.41) is 3.56. The molecule has 1 aliphatic heterocycles. The Hall–Kier alpha value is -3.66. The van der Waals surface area contributed by atoms with Crippen molar-refractivity contribution in [2.24, 2.45) is 0 Å². The Bertz CT molecular complexity index is 1280. The van der Waals surface area contributed by atoms with Crippen LogP contribution in [0.2, 0.25) is 0 Å². The number of halogens is 3. The number of methoxy groups -OCH3 is 2. The van der Waals surface area contributed by atoms with Gasteiger partial charge in [-0.25, -0.2) is 0 Å². The van der Waals surface area contributed by atoms with Crippen molar-refractivity contribution < 1.29 is 32.1 Å². The highest BCUT2D eigenvalue weighted by atomic mass is 32.1. The standard InChI is InChI=1S/C28H29F3N2O4S/c1-17-11-18(2)13-22(12-17)36-16-24-23-15-26(35-4)25(34-3)14-19(23)9-10-33(24)27(38)32-20-5-7-21(8-6-20)37-28(29,30)31/h5-8,11-15,24H,9-10,16H2,1-4H3,(H,32,38). The minimum absolute atomic E-state index is 0.257. The molecule has 6 nitrogen and oxygen atoms in total. The summed E-state index contributed by atoms with van der Waals surface area (Å²) in [5.74, 6) is 1.70. The summed E-state index contributed by atoms with van der Waals surface area (Å²) < 4.78 is 58.8. The maximum absolute atomic E-state index is 12.5. The minimum Gasteiger partial charge on any atom is -0.493 e. The molecular weight excluding hydrogens is 517 g/mol. The summed E-state index contributed by atoms with van der Waals surface area (Å²) in [6, 6.07) is 15.2. The van der Waals surface area contributed by atoms with Crippen molar-refractivity contribution in [1.82, 2.24) is 4.90 Å². The number of benzene rings is 3. The van der Waals surface area contributed by atoms with E-state index in [-0.39, 0.29) is 11.8 Å². The first-order valence-electron chi connectivity index (χ1n) is 12.0. The minimum atomic E-state index is -4.75. The lowest BCUT2D eigenvalue weighted by molar-refractivity contribution is -0.274. The fraction of sp³-hybridized carbons (Fsp3) is 0.321. The second kappa shape index (κ2) is 11.4. The molecule has 0 bridgehead atoms. The molecule has 0 amide bonds. The van der Waals surface area contributed by atoms with Crippen molar-refractivity contribution in [3.05, 3.63) is 76.9 Å². The molecule has 0 fully saturated rings. The average Bonchev–Trinajstić information content (AvgIpc) is 2.86. The Morgan fingerprint density at radius 2 is 1.58 bits per heavy atom. The molecule has 202 valence electrons. The van der Waals surface area contributed by atoms with Gasteiger partial charge in [0.1, 0.15) is 18.1 Å². The molecule has 0 aliphatic carbocycles. The van der Waals surface area contributed by atoms with Crippen molar-refractivity contribution >= 4 is 23.0 Å². The number of fused-ring (bicyclic) bond motifs is 1. The van der Waals surface area contributed by atoms with Crippen LogP contribution in [0.3, 0.4) is 0 Å². The summed E-state index contributed by atoms with van der Waals surface area (Å²) in [7, 11) is 3.19. The molecule has 0 radical (unpaired) electrons. The molecule has 38 heavy (non-hydrogen) atoms. The molecule has 1 aliphatic rings. The molecule has 1 atom stereocenters. The maximum atomic E-state index is 12.5. The van der Waals surface area contributed by atoms with Gasteiger partial charge in [0.2, 0.25) is 0 Å². The Morgan fingerprint density at radius 1 is 0.947 bits per heavy atom. The van der Waals surface area contributed by atoms with E-state index in [1.54, 1.807) is 14.2 Å². The second-order valence-corrected chi connectivity index (χ2v) is 9.39. The van der Waals surface area contributed by atoms with Gasteiger partial charge in [-0.2, -0.15) is 0 Å². The number of rotatable bonds is 7. The van der Waals surface area contributed by atoms with Crippen molar-refractivity contribution in [2.45, 2.75) is 32.7 Å². The largest absolute Gasteiger partial charge is 0.573 e. The zero-order valence-electron chi connectivity index (χ0n) is 21.5. The van der Waals surface area contributed by atoms with E-state index in [2.05, 4.69) is 16.1 Å². The third-order valence-corrected chi connectivity index (χ3v) is 6.54. The number of ether oxygens (including phenoxy) is 4. The molecule has 3 aromatic carbocycles. The molecule has 10 heteroatoms. The number of nitrogens with one attached hydrogen (secondary N) is 1. The molecular formula is C28H29F3N2O4S. The lowest BCUT2D eigenvalue weighted by atomic mass is 9.92. The van der Waals surface area contributed by atoms with Crippen LogP contribution in [-0.4, -0.2) is 43.7 Å². The number of hydrogen-bond donors (Lipinski definition) is 1. The molecule has 0 saturated carbocycles. The van der Waals surface area contributed by atoms with Crippen LogP contribution in [0, 0.1) is 13.8 Å². The number of anilines is 1. The third kappa shape index (κ3) is 6.61. The third-order valence-electron chi connectivity index (χ3n) is 6.21. The van der Waals surface area contributed by atoms with Crippen LogP contribution in [0.5, 0.6) is 23.0 Å². The van der Waals surface area contributed by atoms with Gasteiger partial charge in [-0.05, 0) is 103 Å². The van der Waals surface area contributed by atoms with Gasteiger partial charge in [-0.3, -0.25) is 0 Å². The summed E-state index contributed by atoms with van der Waals surface area (Å²) in [5.41, 5.74) is 4.84. The molecule has 1 heterocycles. The average molecular weight is 547 g/mol. The van der Waals surface area contributed by atoms with Crippen LogP contribution in [-0.2, 0) is 6.42 Å². The SMILES string of the molecule is COc1cc2c(cc1OC)C(COc1cc(C)cc(C)c1)N(C(=S)Nc1ccc(OC(F)(F)F)cc1)CC2. The van der Waals surface area contributed by atoms with Gasteiger partial charge in [-0.1, -0.05) is 6.07 Å². The van der Waals surface area contributed by atoms with Crippen molar-refractivity contribution in [1.29, 1.82) is 0 Å². The van der Waals surface area contributed by atoms with Crippen LogP contribution < -0.4 is 24.3 Å².